The summed E-state index contributed by atoms with van der Waals surface area (Å²) in [5.74, 6) is 3.24. The van der Waals surface area contributed by atoms with Gasteiger partial charge in [-0.25, -0.2) is 0 Å². The fourth-order valence-electron chi connectivity index (χ4n) is 0.849. The second-order valence-electron chi connectivity index (χ2n) is 2.60. The van der Waals surface area contributed by atoms with Gasteiger partial charge in [0.05, 0.1) is 0 Å². The Morgan fingerprint density at radius 3 is 2.21 bits per heavy atom. The van der Waals surface area contributed by atoms with Crippen molar-refractivity contribution in [2.75, 3.05) is 0 Å². The zero-order valence-electron chi connectivity index (χ0n) is 7.03. The van der Waals surface area contributed by atoms with Crippen LogP contribution in [-0.4, -0.2) is 6.18 Å². The van der Waals surface area contributed by atoms with Crippen molar-refractivity contribution in [3.63, 3.8) is 0 Å². The second-order valence-corrected chi connectivity index (χ2v) is 3.04. The average molecular weight is 219 g/mol. The molecule has 0 saturated carbocycles. The molecule has 74 valence electrons. The molecule has 1 aromatic carbocycles. The van der Waals surface area contributed by atoms with Gasteiger partial charge < -0.3 is 0 Å². The van der Waals surface area contributed by atoms with Crippen LogP contribution in [0, 0.1) is 11.8 Å². The molecular formula is C10H6ClF3. The number of benzene rings is 1. The van der Waals surface area contributed by atoms with Crippen LogP contribution < -0.4 is 0 Å². The van der Waals surface area contributed by atoms with Crippen LogP contribution in [0.4, 0.5) is 13.2 Å². The van der Waals surface area contributed by atoms with Crippen molar-refractivity contribution in [2.45, 2.75) is 12.6 Å². The lowest BCUT2D eigenvalue weighted by molar-refractivity contribution is -0.0697. The summed E-state index contributed by atoms with van der Waals surface area (Å²) in [4.78, 5) is 0. The molecule has 0 bridgehead atoms. The minimum Gasteiger partial charge on any atom is -0.159 e. The molecule has 0 nitrogen and oxygen atoms in total. The monoisotopic (exact) mass is 218 g/mol. The number of hydrogen-bond acceptors (Lipinski definition) is 0. The normalized spacial score (nSPS) is 10.6. The highest BCUT2D eigenvalue weighted by Crippen LogP contribution is 2.13. The Morgan fingerprint density at radius 1 is 1.14 bits per heavy atom. The quantitative estimate of drug-likeness (QED) is 0.634. The highest BCUT2D eigenvalue weighted by atomic mass is 35.5. The Balaban J connectivity index is 2.61. The largest absolute Gasteiger partial charge is 0.457 e. The van der Waals surface area contributed by atoms with Gasteiger partial charge in [-0.05, 0) is 17.7 Å². The molecule has 0 aliphatic heterocycles. The van der Waals surface area contributed by atoms with Crippen LogP contribution in [0.3, 0.4) is 0 Å². The van der Waals surface area contributed by atoms with E-state index >= 15 is 0 Å². The lowest BCUT2D eigenvalue weighted by atomic mass is 10.2. The van der Waals surface area contributed by atoms with E-state index in [1.807, 2.05) is 5.92 Å². The molecule has 0 atom stereocenters. The van der Waals surface area contributed by atoms with Crippen molar-refractivity contribution in [1.82, 2.24) is 0 Å². The molecule has 0 aromatic heterocycles. The SMILES string of the molecule is FC(F)(F)C#CCc1ccc(Cl)cc1. The summed E-state index contributed by atoms with van der Waals surface area (Å²) in [6.07, 6.45) is -4.33. The molecule has 0 N–H and O–H groups in total. The smallest absolute Gasteiger partial charge is 0.159 e. The van der Waals surface area contributed by atoms with Crippen molar-refractivity contribution < 1.29 is 13.2 Å². The summed E-state index contributed by atoms with van der Waals surface area (Å²) >= 11 is 5.60. The van der Waals surface area contributed by atoms with E-state index in [0.29, 0.717) is 10.6 Å². The lowest BCUT2D eigenvalue weighted by Gasteiger charge is -1.95. The first kappa shape index (κ1) is 10.9. The zero-order chi connectivity index (χ0) is 10.6. The molecule has 0 aliphatic carbocycles. The van der Waals surface area contributed by atoms with Crippen molar-refractivity contribution in [3.05, 3.63) is 34.9 Å². The molecule has 0 saturated heterocycles. The Bertz CT molecular complexity index is 354. The number of alkyl halides is 3. The van der Waals surface area contributed by atoms with Crippen LogP contribution in [-0.2, 0) is 6.42 Å². The summed E-state index contributed by atoms with van der Waals surface area (Å²) < 4.78 is 34.9. The molecule has 0 unspecified atom stereocenters. The third-order valence-electron chi connectivity index (χ3n) is 1.44. The van der Waals surface area contributed by atoms with Gasteiger partial charge >= 0.3 is 6.18 Å². The maximum absolute atomic E-state index is 11.6. The van der Waals surface area contributed by atoms with E-state index in [1.165, 1.54) is 5.92 Å². The maximum atomic E-state index is 11.6. The van der Waals surface area contributed by atoms with E-state index in [0.717, 1.165) is 0 Å². The van der Waals surface area contributed by atoms with Crippen LogP contribution in [0.25, 0.3) is 0 Å². The molecule has 0 radical (unpaired) electrons. The summed E-state index contributed by atoms with van der Waals surface area (Å²) in [5, 5.41) is 0.553. The molecule has 0 amide bonds. The Kier molecular flexibility index (Phi) is 3.43. The van der Waals surface area contributed by atoms with Gasteiger partial charge in [0.25, 0.3) is 0 Å². The van der Waals surface area contributed by atoms with Gasteiger partial charge in [-0.2, -0.15) is 13.2 Å². The highest BCUT2D eigenvalue weighted by molar-refractivity contribution is 6.30. The van der Waals surface area contributed by atoms with E-state index in [4.69, 9.17) is 11.6 Å². The zero-order valence-corrected chi connectivity index (χ0v) is 7.78. The summed E-state index contributed by atoms with van der Waals surface area (Å²) in [6, 6.07) is 6.53. The highest BCUT2D eigenvalue weighted by Gasteiger charge is 2.22. The predicted molar refractivity (Wildman–Crippen MR) is 49.0 cm³/mol. The van der Waals surface area contributed by atoms with E-state index in [-0.39, 0.29) is 6.42 Å². The fourth-order valence-corrected chi connectivity index (χ4v) is 0.975. The number of hydrogen-bond donors (Lipinski definition) is 0. The molecule has 14 heavy (non-hydrogen) atoms. The van der Waals surface area contributed by atoms with E-state index in [1.54, 1.807) is 24.3 Å². The second kappa shape index (κ2) is 4.39. The first-order chi connectivity index (χ1) is 6.47. The van der Waals surface area contributed by atoms with Gasteiger partial charge in [-0.1, -0.05) is 29.7 Å². The van der Waals surface area contributed by atoms with Gasteiger partial charge in [-0.15, -0.1) is 0 Å². The summed E-state index contributed by atoms with van der Waals surface area (Å²) in [7, 11) is 0. The van der Waals surface area contributed by atoms with Crippen LogP contribution in [0.2, 0.25) is 5.02 Å². The van der Waals surface area contributed by atoms with Gasteiger partial charge in [-0.3, -0.25) is 0 Å². The van der Waals surface area contributed by atoms with Crippen LogP contribution in [0.15, 0.2) is 24.3 Å². The molecule has 0 heterocycles. The average Bonchev–Trinajstić information content (AvgIpc) is 2.06. The molecule has 1 aromatic rings. The van der Waals surface area contributed by atoms with E-state index < -0.39 is 6.18 Å². The Morgan fingerprint density at radius 2 is 1.71 bits per heavy atom. The van der Waals surface area contributed by atoms with Crippen LogP contribution in [0.5, 0.6) is 0 Å². The van der Waals surface area contributed by atoms with Crippen molar-refractivity contribution in [3.8, 4) is 11.8 Å². The lowest BCUT2D eigenvalue weighted by Crippen LogP contribution is -2.01. The van der Waals surface area contributed by atoms with Gasteiger partial charge in [0.15, 0.2) is 0 Å². The minimum atomic E-state index is -4.41. The third kappa shape index (κ3) is 4.20. The Labute approximate surface area is 84.7 Å². The van der Waals surface area contributed by atoms with E-state index in [2.05, 4.69) is 0 Å². The molecule has 0 fully saturated rings. The van der Waals surface area contributed by atoms with Gasteiger partial charge in [0, 0.05) is 17.4 Å². The molecule has 0 spiro atoms. The molecule has 0 aliphatic rings. The summed E-state index contributed by atoms with van der Waals surface area (Å²) in [6.45, 7) is 0. The number of halogens is 4. The molecule has 4 heteroatoms. The standard InChI is InChI=1S/C10H6ClF3/c11-9-5-3-8(4-6-9)2-1-7-10(12,13)14/h3-6H,2H2. The van der Waals surface area contributed by atoms with Crippen molar-refractivity contribution in [2.24, 2.45) is 0 Å². The molecular weight excluding hydrogens is 213 g/mol. The first-order valence-corrected chi connectivity index (χ1v) is 4.16. The van der Waals surface area contributed by atoms with Crippen LogP contribution in [0.1, 0.15) is 5.56 Å². The predicted octanol–water partition coefficient (Wildman–Crippen LogP) is 3.45. The maximum Gasteiger partial charge on any atom is 0.457 e. The number of rotatable bonds is 1. The van der Waals surface area contributed by atoms with Crippen LogP contribution >= 0.6 is 11.6 Å². The van der Waals surface area contributed by atoms with Crippen molar-refractivity contribution in [1.29, 1.82) is 0 Å². The summed E-state index contributed by atoms with van der Waals surface area (Å²) in [5.41, 5.74) is 0.714. The third-order valence-corrected chi connectivity index (χ3v) is 1.69. The minimum absolute atomic E-state index is 0.0800. The van der Waals surface area contributed by atoms with Gasteiger partial charge in [0.1, 0.15) is 0 Å². The Hall–Kier alpha value is -1.14. The first-order valence-electron chi connectivity index (χ1n) is 3.78. The molecule has 1 rings (SSSR count). The fraction of sp³-hybridized carbons (Fsp3) is 0.200. The van der Waals surface area contributed by atoms with E-state index in [9.17, 15) is 13.2 Å². The topological polar surface area (TPSA) is 0 Å². The van der Waals surface area contributed by atoms with Gasteiger partial charge in [0.2, 0.25) is 0 Å². The van der Waals surface area contributed by atoms with Crippen molar-refractivity contribution >= 4 is 11.6 Å².